The van der Waals surface area contributed by atoms with Crippen LogP contribution in [0.1, 0.15) is 64.2 Å². The number of hydrogen-bond donors (Lipinski definition) is 3. The van der Waals surface area contributed by atoms with Crippen LogP contribution in [0.15, 0.2) is 0 Å². The van der Waals surface area contributed by atoms with E-state index in [9.17, 15) is 0 Å². The van der Waals surface area contributed by atoms with Gasteiger partial charge in [0.1, 0.15) is 0 Å². The summed E-state index contributed by atoms with van der Waals surface area (Å²) in [5, 5.41) is 3.33. The van der Waals surface area contributed by atoms with E-state index < -0.39 is 0 Å². The number of nitrogens with one attached hydrogen (secondary N) is 1. The molecule has 0 saturated heterocycles. The molecule has 0 radical (unpaired) electrons. The fourth-order valence-corrected chi connectivity index (χ4v) is 2.04. The van der Waals surface area contributed by atoms with Crippen LogP contribution < -0.4 is 16.8 Å². The lowest BCUT2D eigenvalue weighted by molar-refractivity contribution is 0.542. The highest BCUT2D eigenvalue weighted by Crippen LogP contribution is 2.10. The van der Waals surface area contributed by atoms with Gasteiger partial charge in [0.05, 0.1) is 0 Å². The summed E-state index contributed by atoms with van der Waals surface area (Å²) in [6.07, 6.45) is 13.6. The van der Waals surface area contributed by atoms with E-state index in [1.54, 1.807) is 0 Å². The molecule has 0 spiro atoms. The minimum atomic E-state index is 0.754. The van der Waals surface area contributed by atoms with E-state index in [-0.39, 0.29) is 0 Å². The number of nitrogens with two attached hydrogens (primary N) is 2. The average Bonchev–Trinajstić information content (AvgIpc) is 2.35. The molecule has 0 bridgehead atoms. The van der Waals surface area contributed by atoms with Crippen LogP contribution in [0.5, 0.6) is 0 Å². The molecule has 0 amide bonds. The van der Waals surface area contributed by atoms with Gasteiger partial charge in [-0.15, -0.1) is 0 Å². The molecular weight excluding hydrogens is 210 g/mol. The molecule has 0 aliphatic carbocycles. The van der Waals surface area contributed by atoms with Gasteiger partial charge in [0.25, 0.3) is 0 Å². The lowest BCUT2D eigenvalue weighted by Crippen LogP contribution is -2.23. The van der Waals surface area contributed by atoms with Gasteiger partial charge >= 0.3 is 0 Å². The highest BCUT2D eigenvalue weighted by Gasteiger charge is 1.92. The molecular formula is C14H33N3. The Balaban J connectivity index is 2.85. The Bertz CT molecular complexity index is 115. The fraction of sp³-hybridized carbons (Fsp3) is 1.00. The maximum Gasteiger partial charge on any atom is 0.00745 e. The molecule has 17 heavy (non-hydrogen) atoms. The third-order valence-corrected chi connectivity index (χ3v) is 3.13. The summed E-state index contributed by atoms with van der Waals surface area (Å²) in [6, 6.07) is 0. The van der Waals surface area contributed by atoms with E-state index in [4.69, 9.17) is 11.5 Å². The van der Waals surface area contributed by atoms with Crippen molar-refractivity contribution in [2.75, 3.05) is 26.2 Å². The predicted octanol–water partition coefficient (Wildman–Crippen LogP) is 2.39. The van der Waals surface area contributed by atoms with Crippen LogP contribution >= 0.6 is 0 Å². The van der Waals surface area contributed by atoms with Crippen molar-refractivity contribution in [2.45, 2.75) is 64.2 Å². The maximum absolute atomic E-state index is 5.46. The van der Waals surface area contributed by atoms with Gasteiger partial charge in [-0.1, -0.05) is 51.4 Å². The Morgan fingerprint density at radius 3 is 1.41 bits per heavy atom. The molecule has 3 heteroatoms. The van der Waals surface area contributed by atoms with Crippen LogP contribution in [0.2, 0.25) is 0 Å². The first-order valence-corrected chi connectivity index (χ1v) is 7.52. The third-order valence-electron chi connectivity index (χ3n) is 3.13. The Labute approximate surface area is 108 Å². The highest BCUT2D eigenvalue weighted by atomic mass is 14.9. The molecule has 0 fully saturated rings. The molecule has 0 unspecified atom stereocenters. The van der Waals surface area contributed by atoms with E-state index in [2.05, 4.69) is 5.32 Å². The SMILES string of the molecule is NCCCCCCCCCCCCNCCN. The van der Waals surface area contributed by atoms with Crippen molar-refractivity contribution >= 4 is 0 Å². The molecule has 0 aromatic rings. The monoisotopic (exact) mass is 243 g/mol. The number of hydrogen-bond acceptors (Lipinski definition) is 3. The smallest absolute Gasteiger partial charge is 0.00745 e. The predicted molar refractivity (Wildman–Crippen MR) is 77.1 cm³/mol. The second kappa shape index (κ2) is 15.9. The summed E-state index contributed by atoms with van der Waals surface area (Å²) in [5.74, 6) is 0. The Morgan fingerprint density at radius 1 is 0.471 bits per heavy atom. The van der Waals surface area contributed by atoms with Gasteiger partial charge < -0.3 is 16.8 Å². The van der Waals surface area contributed by atoms with E-state index >= 15 is 0 Å². The van der Waals surface area contributed by atoms with E-state index in [0.29, 0.717) is 0 Å². The standard InChI is InChI=1S/C14H33N3/c15-11-9-7-5-3-1-2-4-6-8-10-13-17-14-12-16/h17H,1-16H2. The second-order valence-electron chi connectivity index (χ2n) is 4.86. The molecule has 3 nitrogen and oxygen atoms in total. The molecule has 0 atom stereocenters. The number of rotatable bonds is 14. The maximum atomic E-state index is 5.46. The summed E-state index contributed by atoms with van der Waals surface area (Å²) in [4.78, 5) is 0. The Morgan fingerprint density at radius 2 is 0.941 bits per heavy atom. The molecule has 0 aliphatic heterocycles. The largest absolute Gasteiger partial charge is 0.330 e. The van der Waals surface area contributed by atoms with Crippen molar-refractivity contribution in [1.29, 1.82) is 0 Å². The number of unbranched alkanes of at least 4 members (excludes halogenated alkanes) is 9. The van der Waals surface area contributed by atoms with Gasteiger partial charge in [0.2, 0.25) is 0 Å². The molecule has 0 aromatic carbocycles. The first-order chi connectivity index (χ1) is 8.41. The Hall–Kier alpha value is -0.120. The van der Waals surface area contributed by atoms with Gasteiger partial charge in [0, 0.05) is 13.1 Å². The summed E-state index contributed by atoms with van der Waals surface area (Å²) >= 11 is 0. The molecule has 0 aliphatic rings. The van der Waals surface area contributed by atoms with Gasteiger partial charge in [0.15, 0.2) is 0 Å². The van der Waals surface area contributed by atoms with Crippen molar-refractivity contribution in [3.05, 3.63) is 0 Å². The van der Waals surface area contributed by atoms with Crippen LogP contribution in [0, 0.1) is 0 Å². The zero-order chi connectivity index (χ0) is 12.6. The third kappa shape index (κ3) is 15.9. The highest BCUT2D eigenvalue weighted by molar-refractivity contribution is 4.51. The van der Waals surface area contributed by atoms with Crippen LogP contribution in [0.3, 0.4) is 0 Å². The first kappa shape index (κ1) is 16.9. The van der Waals surface area contributed by atoms with Gasteiger partial charge in [-0.05, 0) is 25.9 Å². The van der Waals surface area contributed by atoms with E-state index in [1.165, 1.54) is 64.2 Å². The summed E-state index contributed by atoms with van der Waals surface area (Å²) in [6.45, 7) is 3.71. The normalized spacial score (nSPS) is 10.9. The van der Waals surface area contributed by atoms with Gasteiger partial charge in [-0.25, -0.2) is 0 Å². The lowest BCUT2D eigenvalue weighted by atomic mass is 10.1. The summed E-state index contributed by atoms with van der Waals surface area (Å²) < 4.78 is 0. The van der Waals surface area contributed by atoms with Gasteiger partial charge in [-0.3, -0.25) is 0 Å². The topological polar surface area (TPSA) is 64.1 Å². The molecule has 0 saturated carbocycles. The van der Waals surface area contributed by atoms with Gasteiger partial charge in [-0.2, -0.15) is 0 Å². The van der Waals surface area contributed by atoms with Crippen LogP contribution in [-0.4, -0.2) is 26.2 Å². The van der Waals surface area contributed by atoms with Crippen molar-refractivity contribution in [2.24, 2.45) is 11.5 Å². The average molecular weight is 243 g/mol. The van der Waals surface area contributed by atoms with E-state index in [1.807, 2.05) is 0 Å². The fourth-order valence-electron chi connectivity index (χ4n) is 2.04. The zero-order valence-electron chi connectivity index (χ0n) is 11.6. The van der Waals surface area contributed by atoms with Crippen LogP contribution in [0.4, 0.5) is 0 Å². The molecule has 5 N–H and O–H groups in total. The van der Waals surface area contributed by atoms with Crippen LogP contribution in [0.25, 0.3) is 0 Å². The lowest BCUT2D eigenvalue weighted by Gasteiger charge is -2.03. The minimum absolute atomic E-state index is 0.754. The molecule has 0 aromatic heterocycles. The van der Waals surface area contributed by atoms with Crippen LogP contribution in [-0.2, 0) is 0 Å². The molecule has 0 rings (SSSR count). The first-order valence-electron chi connectivity index (χ1n) is 7.52. The van der Waals surface area contributed by atoms with Crippen molar-refractivity contribution in [1.82, 2.24) is 5.32 Å². The van der Waals surface area contributed by atoms with Crippen molar-refractivity contribution < 1.29 is 0 Å². The minimum Gasteiger partial charge on any atom is -0.330 e. The molecule has 104 valence electrons. The second-order valence-corrected chi connectivity index (χ2v) is 4.86. The van der Waals surface area contributed by atoms with E-state index in [0.717, 1.165) is 26.2 Å². The van der Waals surface area contributed by atoms with Crippen molar-refractivity contribution in [3.63, 3.8) is 0 Å². The summed E-state index contributed by atoms with van der Waals surface area (Å²) in [7, 11) is 0. The zero-order valence-corrected chi connectivity index (χ0v) is 11.6. The van der Waals surface area contributed by atoms with Crippen molar-refractivity contribution in [3.8, 4) is 0 Å². The Kier molecular flexibility index (Phi) is 15.8. The molecule has 0 heterocycles. The summed E-state index contributed by atoms with van der Waals surface area (Å²) in [5.41, 5.74) is 10.9. The quantitative estimate of drug-likeness (QED) is 0.410.